The van der Waals surface area contributed by atoms with E-state index in [2.05, 4.69) is 45.7 Å². The van der Waals surface area contributed by atoms with Gasteiger partial charge in [0.05, 0.1) is 16.6 Å². The average Bonchev–Trinajstić information content (AvgIpc) is 4.00. The minimum absolute atomic E-state index is 0.0000224. The number of aldehydes is 1. The molecule has 73 heavy (non-hydrogen) atoms. The smallest absolute Gasteiger partial charge is 0.268 e. The Hall–Kier alpha value is -6.47. The van der Waals surface area contributed by atoms with Gasteiger partial charge in [-0.3, -0.25) is 14.4 Å². The number of carbonyl (C=O) groups excluding carboxylic acids is 3. The van der Waals surface area contributed by atoms with Gasteiger partial charge in [-0.05, 0) is 107 Å². The lowest BCUT2D eigenvalue weighted by molar-refractivity contribution is 0.0828. The summed E-state index contributed by atoms with van der Waals surface area (Å²) in [5.74, 6) is -1.33. The highest BCUT2D eigenvalue weighted by atomic mass is 19.1. The van der Waals surface area contributed by atoms with Crippen molar-refractivity contribution in [1.82, 2.24) is 45.0 Å². The summed E-state index contributed by atoms with van der Waals surface area (Å²) in [4.78, 5) is 54.0. The van der Waals surface area contributed by atoms with Gasteiger partial charge in [0.25, 0.3) is 11.8 Å². The monoisotopic (exact) mass is 1000 g/mol. The van der Waals surface area contributed by atoms with Crippen LogP contribution in [0.3, 0.4) is 0 Å². The molecule has 7 N–H and O–H groups in total. The fraction of sp³-hybridized carbons (Fsp3) is 0.500. The largest absolute Gasteiger partial charge is 0.351 e. The predicted octanol–water partition coefficient (Wildman–Crippen LogP) is 8.92. The molecule has 15 nitrogen and oxygen atoms in total. The highest BCUT2D eigenvalue weighted by Crippen LogP contribution is 2.42. The number of halogens is 4. The molecule has 4 saturated carbocycles. The number of rotatable bonds is 8. The van der Waals surface area contributed by atoms with Crippen LogP contribution in [-0.4, -0.2) is 84.4 Å². The highest BCUT2D eigenvalue weighted by molar-refractivity contribution is 6.00. The molecule has 6 aromatic rings. The van der Waals surface area contributed by atoms with E-state index >= 15 is 0 Å². The third kappa shape index (κ3) is 10.8. The first-order valence-corrected chi connectivity index (χ1v) is 26.1. The molecule has 0 radical (unpaired) electrons. The Morgan fingerprint density at radius 1 is 0.616 bits per heavy atom. The van der Waals surface area contributed by atoms with Crippen molar-refractivity contribution in [2.24, 2.45) is 5.73 Å². The molecule has 4 aromatic heterocycles. The van der Waals surface area contributed by atoms with Gasteiger partial charge in [0, 0.05) is 84.7 Å². The number of nitrogens with two attached hydrogens (primary N) is 1. The normalized spacial score (nSPS) is 23.0. The number of hydrogen-bond donors (Lipinski definition) is 6. The van der Waals surface area contributed by atoms with Gasteiger partial charge in [0.1, 0.15) is 46.0 Å². The molecule has 0 saturated heterocycles. The summed E-state index contributed by atoms with van der Waals surface area (Å²) in [6.07, 6.45) is 23.6. The van der Waals surface area contributed by atoms with Gasteiger partial charge in [0.15, 0.2) is 6.29 Å². The second-order valence-electron chi connectivity index (χ2n) is 21.0. The van der Waals surface area contributed by atoms with Crippen molar-refractivity contribution in [2.75, 3.05) is 23.7 Å². The van der Waals surface area contributed by atoms with Crippen molar-refractivity contribution in [3.63, 3.8) is 0 Å². The van der Waals surface area contributed by atoms with Crippen LogP contribution in [0.4, 0.5) is 29.5 Å². The van der Waals surface area contributed by atoms with Gasteiger partial charge >= 0.3 is 0 Å². The Labute approximate surface area is 421 Å². The standard InChI is InChI=1S/C27H32F2N6O.C20H28N6O.C7H4F2O/c28-19-5-4-17(22(29)13-19)14-30-20-6-8-21(9-7-20)33-26-31-15-18-12-23-25(36)32-16-27(10-2-1-3-11-27)35(23)24(18)34-26;21-14-4-6-15(7-5-14)24-19-22-11-13-10-16-18(27)23-12-20(8-2-1-3-9-20)26(16)17(13)25-19;8-6-2-1-5(4-10)7(9)3-6/h4-5,12-13,15,20-21,30H,1-3,6-11,14,16H2,(H,32,36)(H,31,33,34);10-11,14-15H,1-9,12,21H2,(H,23,27)(H,22,24,25);1-4H. The van der Waals surface area contributed by atoms with Crippen molar-refractivity contribution in [3.05, 3.63) is 107 Å². The maximum absolute atomic E-state index is 13.9. The lowest BCUT2D eigenvalue weighted by Crippen LogP contribution is -2.52. The molecule has 12 rings (SSSR count). The average molecular weight is 1010 g/mol. The first-order valence-electron chi connectivity index (χ1n) is 26.1. The molecule has 2 aromatic carbocycles. The zero-order valence-electron chi connectivity index (χ0n) is 41.0. The van der Waals surface area contributed by atoms with Crippen LogP contribution in [0.5, 0.6) is 0 Å². The van der Waals surface area contributed by atoms with Crippen LogP contribution in [-0.2, 0) is 17.6 Å². The Kier molecular flexibility index (Phi) is 14.8. The molecule has 4 fully saturated rings. The third-order valence-corrected chi connectivity index (χ3v) is 16.1. The number of nitrogens with one attached hydrogen (secondary N) is 5. The molecule has 386 valence electrons. The van der Waals surface area contributed by atoms with Crippen LogP contribution < -0.4 is 32.3 Å². The van der Waals surface area contributed by atoms with Crippen molar-refractivity contribution >= 4 is 52.1 Å². The summed E-state index contributed by atoms with van der Waals surface area (Å²) in [5, 5.41) is 18.5. The van der Waals surface area contributed by atoms with Gasteiger partial charge in [-0.25, -0.2) is 27.5 Å². The molecule has 2 aliphatic heterocycles. The molecule has 0 atom stereocenters. The summed E-state index contributed by atoms with van der Waals surface area (Å²) >= 11 is 0. The number of aromatic nitrogens is 6. The van der Waals surface area contributed by atoms with Crippen LogP contribution >= 0.6 is 0 Å². The van der Waals surface area contributed by atoms with Crippen LogP contribution in [0.2, 0.25) is 0 Å². The van der Waals surface area contributed by atoms with E-state index in [1.807, 2.05) is 24.5 Å². The summed E-state index contributed by atoms with van der Waals surface area (Å²) in [7, 11) is 0. The Morgan fingerprint density at radius 3 is 1.56 bits per heavy atom. The second-order valence-corrected chi connectivity index (χ2v) is 21.0. The van der Waals surface area contributed by atoms with Crippen molar-refractivity contribution < 1.29 is 31.9 Å². The van der Waals surface area contributed by atoms with E-state index < -0.39 is 23.3 Å². The van der Waals surface area contributed by atoms with E-state index in [0.717, 1.165) is 136 Å². The summed E-state index contributed by atoms with van der Waals surface area (Å²) in [5.41, 5.74) is 9.41. The van der Waals surface area contributed by atoms with Gasteiger partial charge in [-0.1, -0.05) is 44.6 Å². The van der Waals surface area contributed by atoms with Gasteiger partial charge in [-0.15, -0.1) is 0 Å². The minimum Gasteiger partial charge on any atom is -0.351 e. The summed E-state index contributed by atoms with van der Waals surface area (Å²) in [6.45, 7) is 1.76. The lowest BCUT2D eigenvalue weighted by Gasteiger charge is -2.42. The van der Waals surface area contributed by atoms with Crippen molar-refractivity contribution in [1.29, 1.82) is 0 Å². The second kappa shape index (κ2) is 21.5. The lowest BCUT2D eigenvalue weighted by atomic mass is 9.80. The number of anilines is 2. The number of benzene rings is 2. The molecular formula is C54H64F4N12O3. The van der Waals surface area contributed by atoms with E-state index in [0.29, 0.717) is 73.3 Å². The maximum Gasteiger partial charge on any atom is 0.268 e. The topological polar surface area (TPSA) is 199 Å². The van der Waals surface area contributed by atoms with Crippen LogP contribution in [0, 0.1) is 23.3 Å². The SMILES string of the molecule is NC1CCC(Nc2ncc3cc4n(c3n2)C2(CCCCC2)CNC4=O)CC1.O=C1NCC2(CCCCC2)n2c1cc1cnc(NC3CCC(NCc4ccc(F)cc4F)CC3)nc12.O=Cc1ccc(F)cc1F. The Bertz CT molecular complexity index is 2970. The van der Waals surface area contributed by atoms with Crippen molar-refractivity contribution in [2.45, 2.75) is 157 Å². The first-order chi connectivity index (χ1) is 35.4. The number of fused-ring (bicyclic) bond motifs is 8. The van der Waals surface area contributed by atoms with Crippen molar-refractivity contribution in [3.8, 4) is 0 Å². The zero-order chi connectivity index (χ0) is 50.7. The fourth-order valence-corrected chi connectivity index (χ4v) is 12.0. The maximum atomic E-state index is 13.9. The van der Waals surface area contributed by atoms with Crippen LogP contribution in [0.15, 0.2) is 60.9 Å². The fourth-order valence-electron chi connectivity index (χ4n) is 12.0. The molecule has 0 bridgehead atoms. The molecular weight excluding hydrogens is 941 g/mol. The summed E-state index contributed by atoms with van der Waals surface area (Å²) < 4.78 is 56.0. The number of nitrogens with zero attached hydrogens (tertiary/aromatic N) is 6. The molecule has 0 unspecified atom stereocenters. The predicted molar refractivity (Wildman–Crippen MR) is 270 cm³/mol. The van der Waals surface area contributed by atoms with E-state index in [-0.39, 0.29) is 34.5 Å². The Morgan fingerprint density at radius 2 is 1.08 bits per heavy atom. The van der Waals surface area contributed by atoms with Gasteiger partial charge in [-0.2, -0.15) is 9.97 Å². The van der Waals surface area contributed by atoms with Gasteiger partial charge in [0.2, 0.25) is 11.9 Å². The third-order valence-electron chi connectivity index (χ3n) is 16.1. The molecule has 19 heteroatoms. The molecule has 2 amide bonds. The van der Waals surface area contributed by atoms with Crippen LogP contribution in [0.25, 0.3) is 22.1 Å². The molecule has 2 spiro atoms. The van der Waals surface area contributed by atoms with E-state index in [4.69, 9.17) is 15.7 Å². The molecule has 6 aliphatic rings. The highest BCUT2D eigenvalue weighted by Gasteiger charge is 2.43. The summed E-state index contributed by atoms with van der Waals surface area (Å²) in [6, 6.07) is 11.6. The van der Waals surface area contributed by atoms with E-state index in [1.54, 1.807) is 0 Å². The first kappa shape index (κ1) is 50.1. The van der Waals surface area contributed by atoms with Crippen LogP contribution in [0.1, 0.15) is 152 Å². The minimum atomic E-state index is -0.824. The zero-order valence-corrected chi connectivity index (χ0v) is 41.0. The quantitative estimate of drug-likeness (QED) is 0.0629. The van der Waals surface area contributed by atoms with Gasteiger partial charge < -0.3 is 41.5 Å². The van der Waals surface area contributed by atoms with E-state index in [9.17, 15) is 31.9 Å². The number of amides is 2. The van der Waals surface area contributed by atoms with E-state index in [1.165, 1.54) is 37.8 Å². The molecule has 6 heterocycles. The Balaban J connectivity index is 0.000000145. The molecule has 4 aliphatic carbocycles. The number of hydrogen-bond acceptors (Lipinski definition) is 11. The number of carbonyl (C=O) groups is 3.